The molecule has 2 heterocycles. The van der Waals surface area contributed by atoms with E-state index in [1.165, 1.54) is 9.80 Å². The van der Waals surface area contributed by atoms with Gasteiger partial charge in [-0.25, -0.2) is 0 Å². The summed E-state index contributed by atoms with van der Waals surface area (Å²) in [7, 11) is 0. The van der Waals surface area contributed by atoms with Crippen LogP contribution >= 0.6 is 48.0 Å². The van der Waals surface area contributed by atoms with Crippen LogP contribution in [0.5, 0.6) is 0 Å². The van der Waals surface area contributed by atoms with Crippen molar-refractivity contribution in [3.05, 3.63) is 0 Å². The molecule has 0 aliphatic carbocycles. The van der Waals surface area contributed by atoms with Gasteiger partial charge in [-0.15, -0.1) is 0 Å². The molecule has 0 N–H and O–H groups in total. The minimum atomic E-state index is -0.710. The molecular weight excluding hydrogens is 444 g/mol. The Hall–Kier alpha value is -1.24. The van der Waals surface area contributed by atoms with Crippen molar-refractivity contribution < 1.29 is 28.7 Å². The summed E-state index contributed by atoms with van der Waals surface area (Å²) in [5.74, 6) is -1.46. The zero-order valence-corrected chi connectivity index (χ0v) is 18.6. The molecule has 0 aromatic carbocycles. The van der Waals surface area contributed by atoms with E-state index in [0.717, 1.165) is 23.5 Å². The molecule has 2 saturated heterocycles. The van der Waals surface area contributed by atoms with E-state index in [2.05, 4.69) is 0 Å². The Morgan fingerprint density at radius 2 is 1.21 bits per heavy atom. The maximum absolute atomic E-state index is 12.7. The topological polar surface area (TPSA) is 93.2 Å². The van der Waals surface area contributed by atoms with Gasteiger partial charge in [-0.2, -0.15) is 0 Å². The molecule has 2 atom stereocenters. The predicted octanol–water partition coefficient (Wildman–Crippen LogP) is 1.35. The smallest absolute Gasteiger partial charge is 0.307 e. The van der Waals surface area contributed by atoms with E-state index in [4.69, 9.17) is 33.9 Å². The Morgan fingerprint density at radius 3 is 1.54 bits per heavy atom. The third-order valence-electron chi connectivity index (χ3n) is 3.88. The lowest BCUT2D eigenvalue weighted by atomic mass is 10.2. The highest BCUT2D eigenvalue weighted by Gasteiger charge is 2.50. The molecule has 2 aliphatic heterocycles. The Morgan fingerprint density at radius 1 is 0.857 bits per heavy atom. The van der Waals surface area contributed by atoms with Crippen molar-refractivity contribution in [2.45, 2.75) is 37.2 Å². The van der Waals surface area contributed by atoms with Gasteiger partial charge in [-0.05, 0) is 13.8 Å². The van der Waals surface area contributed by atoms with Gasteiger partial charge in [0.1, 0.15) is 19.1 Å². The first-order chi connectivity index (χ1) is 13.3. The summed E-state index contributed by atoms with van der Waals surface area (Å²) >= 11 is 12.7. The van der Waals surface area contributed by atoms with Crippen LogP contribution in [0.3, 0.4) is 0 Å². The molecule has 28 heavy (non-hydrogen) atoms. The van der Waals surface area contributed by atoms with Gasteiger partial charge < -0.3 is 9.47 Å². The fourth-order valence-corrected chi connectivity index (χ4v) is 5.90. The van der Waals surface area contributed by atoms with E-state index in [1.807, 2.05) is 0 Å². The van der Waals surface area contributed by atoms with Crippen LogP contribution in [0.15, 0.2) is 0 Å². The number of carbonyl (C=O) groups is 4. The molecule has 0 aromatic rings. The number of rotatable bonds is 9. The fourth-order valence-electron chi connectivity index (χ4n) is 2.59. The molecule has 0 unspecified atom stereocenters. The first-order valence-corrected chi connectivity index (χ1v) is 11.2. The number of thiocarbonyl (C=S) groups is 2. The summed E-state index contributed by atoms with van der Waals surface area (Å²) in [6.07, 6.45) is 0.0612. The van der Waals surface area contributed by atoms with E-state index in [-0.39, 0.29) is 51.0 Å². The summed E-state index contributed by atoms with van der Waals surface area (Å²) in [6, 6.07) is 0. The van der Waals surface area contributed by atoms with Crippen LogP contribution in [-0.2, 0) is 28.7 Å². The zero-order valence-electron chi connectivity index (χ0n) is 15.4. The van der Waals surface area contributed by atoms with Crippen LogP contribution in [0.25, 0.3) is 0 Å². The molecule has 0 saturated carbocycles. The Kier molecular flexibility index (Phi) is 8.65. The third-order valence-corrected chi connectivity index (χ3v) is 7.37. The SMILES string of the molecule is CCOC(=O)CCN1C(=O)[C@H]([C@H]2SC(=S)N(CCC(=O)OCC)C2=O)SC1=S. The molecule has 2 amide bonds. The Labute approximate surface area is 182 Å². The maximum atomic E-state index is 12.7. The number of carbonyl (C=O) groups excluding carboxylic acids is 4. The monoisotopic (exact) mass is 464 g/mol. The average Bonchev–Trinajstić information content (AvgIpc) is 3.07. The van der Waals surface area contributed by atoms with Gasteiger partial charge in [0.15, 0.2) is 0 Å². The summed E-state index contributed by atoms with van der Waals surface area (Å²) in [4.78, 5) is 51.2. The quantitative estimate of drug-likeness (QED) is 0.368. The van der Waals surface area contributed by atoms with Crippen LogP contribution in [0, 0.1) is 0 Å². The minimum absolute atomic E-state index is 0.0306. The fraction of sp³-hybridized carbons (Fsp3) is 0.625. The lowest BCUT2D eigenvalue weighted by Gasteiger charge is -2.17. The molecule has 2 fully saturated rings. The molecule has 0 aromatic heterocycles. The van der Waals surface area contributed by atoms with Gasteiger partial charge in [0.25, 0.3) is 0 Å². The van der Waals surface area contributed by atoms with E-state index >= 15 is 0 Å². The van der Waals surface area contributed by atoms with Crippen LogP contribution < -0.4 is 0 Å². The highest BCUT2D eigenvalue weighted by Crippen LogP contribution is 2.40. The maximum Gasteiger partial charge on any atom is 0.307 e. The highest BCUT2D eigenvalue weighted by atomic mass is 32.2. The van der Waals surface area contributed by atoms with Crippen LogP contribution in [0.4, 0.5) is 0 Å². The zero-order chi connectivity index (χ0) is 20.8. The number of thioether (sulfide) groups is 2. The molecule has 0 bridgehead atoms. The third kappa shape index (κ3) is 5.43. The van der Waals surface area contributed by atoms with Crippen LogP contribution in [-0.4, -0.2) is 79.0 Å². The molecule has 8 nitrogen and oxygen atoms in total. The number of amides is 2. The van der Waals surface area contributed by atoms with Crippen molar-refractivity contribution in [2.75, 3.05) is 26.3 Å². The molecule has 12 heteroatoms. The van der Waals surface area contributed by atoms with Gasteiger partial charge >= 0.3 is 11.9 Å². The van der Waals surface area contributed by atoms with Crippen LogP contribution in [0.1, 0.15) is 26.7 Å². The van der Waals surface area contributed by atoms with Crippen molar-refractivity contribution in [1.82, 2.24) is 9.80 Å². The molecular formula is C16H20N2O6S4. The average molecular weight is 465 g/mol. The number of hydrogen-bond donors (Lipinski definition) is 0. The van der Waals surface area contributed by atoms with Gasteiger partial charge in [-0.3, -0.25) is 29.0 Å². The van der Waals surface area contributed by atoms with Crippen molar-refractivity contribution in [3.63, 3.8) is 0 Å². The normalized spacial score (nSPS) is 22.2. The van der Waals surface area contributed by atoms with Crippen molar-refractivity contribution >= 4 is 80.4 Å². The Bertz CT molecular complexity index is 643. The van der Waals surface area contributed by atoms with E-state index in [1.54, 1.807) is 13.8 Å². The van der Waals surface area contributed by atoms with Gasteiger partial charge in [0, 0.05) is 13.1 Å². The lowest BCUT2D eigenvalue weighted by Crippen LogP contribution is -2.41. The van der Waals surface area contributed by atoms with Crippen molar-refractivity contribution in [3.8, 4) is 0 Å². The van der Waals surface area contributed by atoms with Gasteiger partial charge in [0.05, 0.1) is 26.1 Å². The standard InChI is InChI=1S/C16H20N2O6S4/c1-3-23-9(19)5-7-17-13(21)11(27-15(17)25)12-14(22)18(16(26)28-12)8-6-10(20)24-4-2/h11-12H,3-8H2,1-2H3/t11-,12+. The number of ether oxygens (including phenoxy) is 2. The van der Waals surface area contributed by atoms with Gasteiger partial charge in [0.2, 0.25) is 11.8 Å². The minimum Gasteiger partial charge on any atom is -0.466 e. The Balaban J connectivity index is 1.97. The number of nitrogens with zero attached hydrogens (tertiary/aromatic N) is 2. The predicted molar refractivity (Wildman–Crippen MR) is 114 cm³/mol. The number of hydrogen-bond acceptors (Lipinski definition) is 10. The summed E-state index contributed by atoms with van der Waals surface area (Å²) in [6.45, 7) is 4.16. The number of esters is 2. The van der Waals surface area contributed by atoms with Crippen molar-refractivity contribution in [1.29, 1.82) is 0 Å². The first kappa shape index (κ1) is 23.0. The highest BCUT2D eigenvalue weighted by molar-refractivity contribution is 8.27. The largest absolute Gasteiger partial charge is 0.466 e. The molecule has 154 valence electrons. The summed E-state index contributed by atoms with van der Waals surface area (Å²) in [5, 5.41) is -1.42. The summed E-state index contributed by atoms with van der Waals surface area (Å²) in [5.41, 5.74) is 0. The first-order valence-electron chi connectivity index (χ1n) is 8.65. The molecule has 0 spiro atoms. The van der Waals surface area contributed by atoms with Crippen molar-refractivity contribution in [2.24, 2.45) is 0 Å². The second-order valence-corrected chi connectivity index (χ2v) is 9.25. The lowest BCUT2D eigenvalue weighted by molar-refractivity contribution is -0.145. The van der Waals surface area contributed by atoms with E-state index < -0.39 is 22.4 Å². The molecule has 0 radical (unpaired) electrons. The second-order valence-electron chi connectivity index (χ2n) is 5.70. The summed E-state index contributed by atoms with van der Waals surface area (Å²) < 4.78 is 10.4. The van der Waals surface area contributed by atoms with E-state index in [9.17, 15) is 19.2 Å². The second kappa shape index (κ2) is 10.5. The molecule has 2 aliphatic rings. The molecule has 2 rings (SSSR count). The van der Waals surface area contributed by atoms with Crippen LogP contribution in [0.2, 0.25) is 0 Å². The van der Waals surface area contributed by atoms with E-state index in [0.29, 0.717) is 8.64 Å². The van der Waals surface area contributed by atoms with Gasteiger partial charge in [-0.1, -0.05) is 48.0 Å².